The van der Waals surface area contributed by atoms with Crippen molar-refractivity contribution in [2.24, 2.45) is 0 Å². The Morgan fingerprint density at radius 2 is 2.00 bits per heavy atom. The molecule has 0 unspecified atom stereocenters. The van der Waals surface area contributed by atoms with Gasteiger partial charge in [0.05, 0.1) is 0 Å². The van der Waals surface area contributed by atoms with E-state index in [1.807, 2.05) is 0 Å². The lowest BCUT2D eigenvalue weighted by atomic mass is 10.1. The van der Waals surface area contributed by atoms with Crippen molar-refractivity contribution < 1.29 is 9.59 Å². The van der Waals surface area contributed by atoms with Crippen LogP contribution in [0.25, 0.3) is 0 Å². The van der Waals surface area contributed by atoms with Gasteiger partial charge in [0.25, 0.3) is 5.91 Å². The highest BCUT2D eigenvalue weighted by Gasteiger charge is 2.44. The van der Waals surface area contributed by atoms with E-state index in [2.05, 4.69) is 53.1 Å². The third-order valence-corrected chi connectivity index (χ3v) is 4.23. The standard InChI is InChI=1S/C9H4Br3NO2/c10-5-1-4(3-14)2-6-7(5)9(11,12)8(15)13-6/h1-3H,(H,13,15). The molecule has 1 aromatic carbocycles. The van der Waals surface area contributed by atoms with Crippen LogP contribution in [-0.2, 0) is 8.03 Å². The summed E-state index contributed by atoms with van der Waals surface area (Å²) < 4.78 is -0.218. The van der Waals surface area contributed by atoms with Gasteiger partial charge in [-0.2, -0.15) is 0 Å². The van der Waals surface area contributed by atoms with Crippen molar-refractivity contribution in [3.63, 3.8) is 0 Å². The number of hydrogen-bond donors (Lipinski definition) is 1. The number of rotatable bonds is 1. The summed E-state index contributed by atoms with van der Waals surface area (Å²) in [6.07, 6.45) is 0.736. The smallest absolute Gasteiger partial charge is 0.256 e. The molecule has 3 nitrogen and oxygen atoms in total. The number of nitrogens with one attached hydrogen (secondary N) is 1. The predicted octanol–water partition coefficient (Wildman–Crippen LogP) is 3.16. The molecule has 0 bridgehead atoms. The van der Waals surface area contributed by atoms with E-state index in [9.17, 15) is 9.59 Å². The molecule has 15 heavy (non-hydrogen) atoms. The Hall–Kier alpha value is -0.200. The maximum atomic E-state index is 11.6. The van der Waals surface area contributed by atoms with Crippen LogP contribution < -0.4 is 5.32 Å². The van der Waals surface area contributed by atoms with Crippen molar-refractivity contribution >= 4 is 65.7 Å². The van der Waals surface area contributed by atoms with E-state index in [1.165, 1.54) is 0 Å². The number of halogens is 3. The molecule has 0 atom stereocenters. The highest BCUT2D eigenvalue weighted by Crippen LogP contribution is 2.50. The van der Waals surface area contributed by atoms with Gasteiger partial charge in [0.1, 0.15) is 6.29 Å². The minimum absolute atomic E-state index is 0.207. The van der Waals surface area contributed by atoms with Gasteiger partial charge in [-0.1, -0.05) is 47.8 Å². The maximum Gasteiger partial charge on any atom is 0.256 e. The Morgan fingerprint density at radius 1 is 1.33 bits per heavy atom. The van der Waals surface area contributed by atoms with Crippen LogP contribution in [0.1, 0.15) is 15.9 Å². The molecule has 2 rings (SSSR count). The molecule has 78 valence electrons. The van der Waals surface area contributed by atoms with Crippen LogP contribution in [-0.4, -0.2) is 12.2 Å². The van der Waals surface area contributed by atoms with Gasteiger partial charge in [-0.25, -0.2) is 0 Å². The fourth-order valence-electron chi connectivity index (χ4n) is 1.43. The van der Waals surface area contributed by atoms with E-state index in [1.54, 1.807) is 12.1 Å². The number of carbonyl (C=O) groups excluding carboxylic acids is 2. The Labute approximate surface area is 111 Å². The van der Waals surface area contributed by atoms with Crippen LogP contribution in [0.5, 0.6) is 0 Å². The number of hydrogen-bond acceptors (Lipinski definition) is 2. The minimum atomic E-state index is -0.921. The molecule has 1 heterocycles. The molecule has 0 aliphatic carbocycles. The first kappa shape index (κ1) is 11.3. The van der Waals surface area contributed by atoms with Gasteiger partial charge in [-0.3, -0.25) is 9.59 Å². The topological polar surface area (TPSA) is 46.2 Å². The molecule has 1 N–H and O–H groups in total. The Morgan fingerprint density at radius 3 is 2.60 bits per heavy atom. The molecule has 1 aliphatic rings. The third-order valence-electron chi connectivity index (χ3n) is 2.10. The number of carbonyl (C=O) groups is 2. The Balaban J connectivity index is 2.70. The molecule has 0 radical (unpaired) electrons. The summed E-state index contributed by atoms with van der Waals surface area (Å²) in [6.45, 7) is 0. The van der Waals surface area contributed by atoms with E-state index in [-0.39, 0.29) is 5.91 Å². The number of aldehydes is 1. The second-order valence-electron chi connectivity index (χ2n) is 3.07. The second-order valence-corrected chi connectivity index (χ2v) is 7.37. The molecule has 0 aromatic heterocycles. The van der Waals surface area contributed by atoms with E-state index < -0.39 is 3.23 Å². The lowest BCUT2D eigenvalue weighted by Crippen LogP contribution is -2.20. The van der Waals surface area contributed by atoms with Gasteiger partial charge >= 0.3 is 0 Å². The summed E-state index contributed by atoms with van der Waals surface area (Å²) in [5.74, 6) is -0.207. The fraction of sp³-hybridized carbons (Fsp3) is 0.111. The zero-order valence-corrected chi connectivity index (χ0v) is 11.9. The summed E-state index contributed by atoms with van der Waals surface area (Å²) in [7, 11) is 0. The molecule has 0 spiro atoms. The normalized spacial score (nSPS) is 17.1. The monoisotopic (exact) mass is 395 g/mol. The number of alkyl halides is 2. The van der Waals surface area contributed by atoms with Crippen molar-refractivity contribution in [2.75, 3.05) is 5.32 Å². The predicted molar refractivity (Wildman–Crippen MR) is 67.7 cm³/mol. The van der Waals surface area contributed by atoms with Crippen molar-refractivity contribution in [1.29, 1.82) is 0 Å². The van der Waals surface area contributed by atoms with E-state index in [0.29, 0.717) is 15.7 Å². The van der Waals surface area contributed by atoms with Gasteiger partial charge in [0.15, 0.2) is 3.23 Å². The average molecular weight is 398 g/mol. The summed E-state index contributed by atoms with van der Waals surface area (Å²) in [6, 6.07) is 3.30. The molecule has 1 aromatic rings. The third kappa shape index (κ3) is 1.68. The quantitative estimate of drug-likeness (QED) is 0.584. The van der Waals surface area contributed by atoms with Gasteiger partial charge in [0, 0.05) is 21.3 Å². The molecule has 1 amide bonds. The van der Waals surface area contributed by atoms with E-state index in [4.69, 9.17) is 0 Å². The highest BCUT2D eigenvalue weighted by molar-refractivity contribution is 9.25. The van der Waals surface area contributed by atoms with Crippen LogP contribution >= 0.6 is 47.8 Å². The zero-order chi connectivity index (χ0) is 11.2. The Kier molecular flexibility index (Phi) is 2.77. The average Bonchev–Trinajstić information content (AvgIpc) is 2.37. The Bertz CT molecular complexity index is 471. The van der Waals surface area contributed by atoms with Crippen LogP contribution in [0.3, 0.4) is 0 Å². The zero-order valence-electron chi connectivity index (χ0n) is 7.18. The largest absolute Gasteiger partial charge is 0.323 e. The molecule has 1 aliphatic heterocycles. The lowest BCUT2D eigenvalue weighted by Gasteiger charge is -2.12. The number of benzene rings is 1. The summed E-state index contributed by atoms with van der Waals surface area (Å²) in [4.78, 5) is 22.2. The number of anilines is 1. The van der Waals surface area contributed by atoms with Gasteiger partial charge < -0.3 is 5.32 Å². The van der Waals surface area contributed by atoms with Crippen LogP contribution in [0.2, 0.25) is 0 Å². The fourth-order valence-corrected chi connectivity index (χ4v) is 3.79. The summed E-state index contributed by atoms with van der Waals surface area (Å²) in [5, 5.41) is 2.68. The van der Waals surface area contributed by atoms with Crippen molar-refractivity contribution in [1.82, 2.24) is 0 Å². The second kappa shape index (κ2) is 3.68. The summed E-state index contributed by atoms with van der Waals surface area (Å²) >= 11 is 9.91. The summed E-state index contributed by atoms with van der Waals surface area (Å²) in [5.41, 5.74) is 1.89. The lowest BCUT2D eigenvalue weighted by molar-refractivity contribution is -0.115. The molecule has 0 saturated heterocycles. The van der Waals surface area contributed by atoms with E-state index >= 15 is 0 Å². The first-order chi connectivity index (χ1) is 6.96. The van der Waals surface area contributed by atoms with Crippen LogP contribution in [0.4, 0.5) is 5.69 Å². The van der Waals surface area contributed by atoms with E-state index in [0.717, 1.165) is 11.8 Å². The van der Waals surface area contributed by atoms with Crippen molar-refractivity contribution in [3.8, 4) is 0 Å². The van der Waals surface area contributed by atoms with Crippen molar-refractivity contribution in [2.45, 2.75) is 3.23 Å². The van der Waals surface area contributed by atoms with Gasteiger partial charge in [-0.15, -0.1) is 0 Å². The minimum Gasteiger partial charge on any atom is -0.323 e. The first-order valence-corrected chi connectivity index (χ1v) is 6.33. The first-order valence-electron chi connectivity index (χ1n) is 3.95. The van der Waals surface area contributed by atoms with Crippen LogP contribution in [0.15, 0.2) is 16.6 Å². The number of fused-ring (bicyclic) bond motifs is 1. The molecule has 0 saturated carbocycles. The SMILES string of the molecule is O=Cc1cc(Br)c2c(c1)NC(=O)C2(Br)Br. The maximum absolute atomic E-state index is 11.6. The van der Waals surface area contributed by atoms with Gasteiger partial charge in [0.2, 0.25) is 0 Å². The van der Waals surface area contributed by atoms with Gasteiger partial charge in [-0.05, 0) is 12.1 Å². The number of amides is 1. The van der Waals surface area contributed by atoms with Crippen molar-refractivity contribution in [3.05, 3.63) is 27.7 Å². The molecular formula is C9H4Br3NO2. The van der Waals surface area contributed by atoms with Crippen LogP contribution in [0, 0.1) is 0 Å². The molecule has 0 fully saturated rings. The molecular weight excluding hydrogens is 394 g/mol. The highest BCUT2D eigenvalue weighted by atomic mass is 79.9. The molecule has 6 heteroatoms.